The maximum atomic E-state index is 13.0. The van der Waals surface area contributed by atoms with Gasteiger partial charge < -0.3 is 9.84 Å². The Morgan fingerprint density at radius 3 is 2.37 bits per heavy atom. The maximum Gasteiger partial charge on any atom is 0.324 e. The number of carbonyl (C=O) groups is 1. The fourth-order valence-electron chi connectivity index (χ4n) is 2.40. The van der Waals surface area contributed by atoms with Crippen molar-refractivity contribution in [3.63, 3.8) is 0 Å². The number of nitro benzene ring substituents is 1. The summed E-state index contributed by atoms with van der Waals surface area (Å²) in [5.41, 5.74) is -0.0234. The van der Waals surface area contributed by atoms with E-state index in [0.29, 0.717) is 22.2 Å². The molecule has 0 bridgehead atoms. The van der Waals surface area contributed by atoms with Gasteiger partial charge in [-0.15, -0.1) is 0 Å². The number of sulfonamides is 1. The van der Waals surface area contributed by atoms with Gasteiger partial charge in [0.25, 0.3) is 15.7 Å². The Hall–Kier alpha value is -3.14. The second-order valence-corrected chi connectivity index (χ2v) is 7.40. The Bertz CT molecular complexity index is 956. The molecule has 0 amide bonds. The second kappa shape index (κ2) is 8.04. The summed E-state index contributed by atoms with van der Waals surface area (Å²) in [4.78, 5) is 21.5. The highest BCUT2D eigenvalue weighted by molar-refractivity contribution is 7.92. The first-order valence-electron chi connectivity index (χ1n) is 7.89. The highest BCUT2D eigenvalue weighted by Gasteiger charge is 2.29. The third kappa shape index (κ3) is 4.53. The number of aliphatic carboxylic acids is 1. The number of hydrogen-bond acceptors (Lipinski definition) is 6. The van der Waals surface area contributed by atoms with Gasteiger partial charge in [-0.1, -0.05) is 6.07 Å². The molecule has 10 heteroatoms. The SMILES string of the molecule is CCOc1ccc(S(=O)(=O)N(CC(=O)O)c2cc([N+](=O)[O-])ccc2C)cc1. The zero-order valence-electron chi connectivity index (χ0n) is 14.7. The molecular weight excluding hydrogens is 376 g/mol. The van der Waals surface area contributed by atoms with Crippen LogP contribution in [0.15, 0.2) is 47.4 Å². The molecule has 0 aliphatic heterocycles. The van der Waals surface area contributed by atoms with E-state index in [-0.39, 0.29) is 16.3 Å². The minimum absolute atomic E-state index is 0.0690. The number of anilines is 1. The van der Waals surface area contributed by atoms with Crippen molar-refractivity contribution < 1.29 is 28.0 Å². The van der Waals surface area contributed by atoms with Crippen molar-refractivity contribution in [1.29, 1.82) is 0 Å². The van der Waals surface area contributed by atoms with Gasteiger partial charge >= 0.3 is 5.97 Å². The number of non-ortho nitro benzene ring substituents is 1. The highest BCUT2D eigenvalue weighted by Crippen LogP contribution is 2.30. The molecule has 0 aromatic heterocycles. The van der Waals surface area contributed by atoms with Crippen LogP contribution in [0.3, 0.4) is 0 Å². The van der Waals surface area contributed by atoms with Crippen LogP contribution < -0.4 is 9.04 Å². The molecule has 0 heterocycles. The fourth-order valence-corrected chi connectivity index (χ4v) is 3.87. The van der Waals surface area contributed by atoms with E-state index in [0.717, 1.165) is 6.07 Å². The third-order valence-corrected chi connectivity index (χ3v) is 5.45. The summed E-state index contributed by atoms with van der Waals surface area (Å²) in [6.45, 7) is 2.85. The Morgan fingerprint density at radius 2 is 1.85 bits per heavy atom. The lowest BCUT2D eigenvalue weighted by Gasteiger charge is -2.24. The van der Waals surface area contributed by atoms with Crippen LogP contribution >= 0.6 is 0 Å². The number of benzene rings is 2. The first-order chi connectivity index (χ1) is 12.7. The third-order valence-electron chi connectivity index (χ3n) is 3.67. The maximum absolute atomic E-state index is 13.0. The van der Waals surface area contributed by atoms with Crippen molar-refractivity contribution in [2.45, 2.75) is 18.7 Å². The monoisotopic (exact) mass is 394 g/mol. The Balaban J connectivity index is 2.57. The van der Waals surface area contributed by atoms with E-state index < -0.39 is 27.5 Å². The lowest BCUT2D eigenvalue weighted by molar-refractivity contribution is -0.384. The highest BCUT2D eigenvalue weighted by atomic mass is 32.2. The molecule has 0 spiro atoms. The number of aryl methyl sites for hydroxylation is 1. The van der Waals surface area contributed by atoms with E-state index >= 15 is 0 Å². The quantitative estimate of drug-likeness (QED) is 0.538. The van der Waals surface area contributed by atoms with Gasteiger partial charge in [-0.05, 0) is 43.7 Å². The van der Waals surface area contributed by atoms with Crippen LogP contribution in [0.2, 0.25) is 0 Å². The van der Waals surface area contributed by atoms with E-state index in [9.17, 15) is 28.4 Å². The molecule has 2 rings (SSSR count). The molecular formula is C17H18N2O7S. The van der Waals surface area contributed by atoms with E-state index in [1.54, 1.807) is 13.8 Å². The Labute approximate surface area is 156 Å². The summed E-state index contributed by atoms with van der Waals surface area (Å²) in [6.07, 6.45) is 0. The standard InChI is InChI=1S/C17H18N2O7S/c1-3-26-14-6-8-15(9-7-14)27(24,25)18(11-17(20)21)16-10-13(19(22)23)5-4-12(16)2/h4-10H,3,11H2,1-2H3,(H,20,21). The van der Waals surface area contributed by atoms with E-state index in [1.807, 2.05) is 0 Å². The van der Waals surface area contributed by atoms with Gasteiger partial charge in [-0.25, -0.2) is 8.42 Å². The minimum atomic E-state index is -4.27. The fraction of sp³-hybridized carbons (Fsp3) is 0.235. The van der Waals surface area contributed by atoms with Crippen LogP contribution in [0.25, 0.3) is 0 Å². The second-order valence-electron chi connectivity index (χ2n) is 5.54. The van der Waals surface area contributed by atoms with Crippen LogP contribution in [0.4, 0.5) is 11.4 Å². The number of rotatable bonds is 8. The van der Waals surface area contributed by atoms with Gasteiger partial charge in [-0.3, -0.25) is 19.2 Å². The lowest BCUT2D eigenvalue weighted by atomic mass is 10.2. The first kappa shape index (κ1) is 20.2. The number of hydrogen-bond donors (Lipinski definition) is 1. The number of nitro groups is 1. The normalized spacial score (nSPS) is 11.0. The molecule has 2 aromatic carbocycles. The van der Waals surface area contributed by atoms with Crippen molar-refractivity contribution in [2.24, 2.45) is 0 Å². The van der Waals surface area contributed by atoms with Gasteiger partial charge in [0.1, 0.15) is 12.3 Å². The van der Waals surface area contributed by atoms with Crippen molar-refractivity contribution in [3.05, 3.63) is 58.1 Å². The Kier molecular flexibility index (Phi) is 6.01. The number of ether oxygens (including phenoxy) is 1. The summed E-state index contributed by atoms with van der Waals surface area (Å²) >= 11 is 0. The zero-order chi connectivity index (χ0) is 20.2. The zero-order valence-corrected chi connectivity index (χ0v) is 15.5. The van der Waals surface area contributed by atoms with Crippen molar-refractivity contribution in [2.75, 3.05) is 17.5 Å². The van der Waals surface area contributed by atoms with E-state index in [1.165, 1.54) is 36.4 Å². The van der Waals surface area contributed by atoms with Gasteiger partial charge in [0.2, 0.25) is 0 Å². The summed E-state index contributed by atoms with van der Waals surface area (Å²) in [7, 11) is -4.27. The van der Waals surface area contributed by atoms with Crippen molar-refractivity contribution in [3.8, 4) is 5.75 Å². The van der Waals surface area contributed by atoms with Gasteiger partial charge in [0.05, 0.1) is 22.1 Å². The van der Waals surface area contributed by atoms with Crippen molar-refractivity contribution in [1.82, 2.24) is 0 Å². The summed E-state index contributed by atoms with van der Waals surface area (Å²) in [6, 6.07) is 9.14. The van der Waals surface area contributed by atoms with Crippen LogP contribution in [0.5, 0.6) is 5.75 Å². The molecule has 0 unspecified atom stereocenters. The molecule has 0 atom stereocenters. The molecule has 0 radical (unpaired) electrons. The molecule has 0 saturated carbocycles. The van der Waals surface area contributed by atoms with Gasteiger partial charge in [-0.2, -0.15) is 0 Å². The summed E-state index contributed by atoms with van der Waals surface area (Å²) in [5, 5.41) is 20.2. The van der Waals surface area contributed by atoms with Gasteiger partial charge in [0.15, 0.2) is 0 Å². The molecule has 0 fully saturated rings. The average Bonchev–Trinajstić information content (AvgIpc) is 2.60. The number of nitrogens with zero attached hydrogens (tertiary/aromatic N) is 2. The van der Waals surface area contributed by atoms with Crippen LogP contribution in [-0.2, 0) is 14.8 Å². The van der Waals surface area contributed by atoms with Gasteiger partial charge in [0, 0.05) is 12.1 Å². The average molecular weight is 394 g/mol. The molecule has 2 aromatic rings. The van der Waals surface area contributed by atoms with Crippen molar-refractivity contribution >= 4 is 27.4 Å². The molecule has 0 saturated heterocycles. The lowest BCUT2D eigenvalue weighted by Crippen LogP contribution is -2.36. The summed E-state index contributed by atoms with van der Waals surface area (Å²) in [5.74, 6) is -0.928. The first-order valence-corrected chi connectivity index (χ1v) is 9.33. The molecule has 144 valence electrons. The van der Waals surface area contributed by atoms with Crippen LogP contribution in [-0.4, -0.2) is 37.6 Å². The number of carboxylic acids is 1. The molecule has 1 N–H and O–H groups in total. The topological polar surface area (TPSA) is 127 Å². The van der Waals surface area contributed by atoms with Crippen LogP contribution in [0.1, 0.15) is 12.5 Å². The largest absolute Gasteiger partial charge is 0.494 e. The molecule has 0 aliphatic rings. The molecule has 0 aliphatic carbocycles. The predicted molar refractivity (Wildman–Crippen MR) is 97.6 cm³/mol. The Morgan fingerprint density at radius 1 is 1.22 bits per heavy atom. The van der Waals surface area contributed by atoms with E-state index in [2.05, 4.69) is 0 Å². The van der Waals surface area contributed by atoms with E-state index in [4.69, 9.17) is 4.74 Å². The minimum Gasteiger partial charge on any atom is -0.494 e. The number of carboxylic acid groups (broad SMARTS) is 1. The predicted octanol–water partition coefficient (Wildman–Crippen LogP) is 2.58. The summed E-state index contributed by atoms with van der Waals surface area (Å²) < 4.78 is 32.0. The smallest absolute Gasteiger partial charge is 0.324 e. The molecule has 9 nitrogen and oxygen atoms in total. The molecule has 27 heavy (non-hydrogen) atoms. The van der Waals surface area contributed by atoms with Crippen LogP contribution in [0, 0.1) is 17.0 Å².